The van der Waals surface area contributed by atoms with Crippen molar-refractivity contribution < 1.29 is 21.2 Å². The zero-order valence-corrected chi connectivity index (χ0v) is 17.6. The van der Waals surface area contributed by atoms with Gasteiger partial charge in [-0.2, -0.15) is 13.7 Å². The van der Waals surface area contributed by atoms with Gasteiger partial charge in [-0.3, -0.25) is 4.68 Å². The highest BCUT2D eigenvalue weighted by molar-refractivity contribution is 7.89. The van der Waals surface area contributed by atoms with E-state index in [1.165, 1.54) is 27.2 Å². The van der Waals surface area contributed by atoms with Crippen LogP contribution in [0.2, 0.25) is 0 Å². The van der Waals surface area contributed by atoms with Crippen molar-refractivity contribution in [2.24, 2.45) is 7.05 Å². The number of nitrogens with zero attached hydrogens (tertiary/aromatic N) is 4. The first-order valence-electron chi connectivity index (χ1n) is 8.82. The fraction of sp³-hybridized carbons (Fsp3) is 0.471. The lowest BCUT2D eigenvalue weighted by atomic mass is 10.3. The average molecular weight is 431 g/mol. The van der Waals surface area contributed by atoms with Crippen molar-refractivity contribution in [1.82, 2.24) is 18.4 Å². The molecule has 0 amide bonds. The lowest BCUT2D eigenvalue weighted by Gasteiger charge is -2.22. The van der Waals surface area contributed by atoms with Crippen molar-refractivity contribution in [3.05, 3.63) is 41.5 Å². The van der Waals surface area contributed by atoms with Gasteiger partial charge in [0, 0.05) is 33.2 Å². The molecule has 0 radical (unpaired) electrons. The highest BCUT2D eigenvalue weighted by Gasteiger charge is 2.35. The van der Waals surface area contributed by atoms with Crippen LogP contribution in [0.25, 0.3) is 0 Å². The van der Waals surface area contributed by atoms with Crippen LogP contribution in [0.3, 0.4) is 0 Å². The quantitative estimate of drug-likeness (QED) is 0.728. The summed E-state index contributed by atoms with van der Waals surface area (Å²) in [6, 6.07) is 5.18. The van der Waals surface area contributed by atoms with E-state index in [-0.39, 0.29) is 31.1 Å². The molecule has 8 nitrogen and oxygen atoms in total. The van der Waals surface area contributed by atoms with E-state index in [4.69, 9.17) is 0 Å². The van der Waals surface area contributed by atoms with Crippen LogP contribution in [-0.4, -0.2) is 61.4 Å². The van der Waals surface area contributed by atoms with Gasteiger partial charge in [-0.1, -0.05) is 12.1 Å². The number of hydrogen-bond acceptors (Lipinski definition) is 5. The number of rotatable bonds is 4. The Balaban J connectivity index is 1.87. The maximum Gasteiger partial charge on any atom is 0.246 e. The lowest BCUT2D eigenvalue weighted by Crippen LogP contribution is -2.37. The van der Waals surface area contributed by atoms with Gasteiger partial charge in [0.15, 0.2) is 0 Å². The molecule has 1 fully saturated rings. The number of aryl methyl sites for hydroxylation is 2. The summed E-state index contributed by atoms with van der Waals surface area (Å²) in [5, 5.41) is 4.16. The largest absolute Gasteiger partial charge is 0.271 e. The molecule has 1 aliphatic rings. The van der Waals surface area contributed by atoms with Gasteiger partial charge in [-0.15, -0.1) is 0 Å². The van der Waals surface area contributed by atoms with Crippen molar-refractivity contribution in [3.63, 3.8) is 0 Å². The monoisotopic (exact) mass is 430 g/mol. The fourth-order valence-corrected chi connectivity index (χ4v) is 6.80. The van der Waals surface area contributed by atoms with Gasteiger partial charge in [-0.25, -0.2) is 21.2 Å². The van der Waals surface area contributed by atoms with Gasteiger partial charge in [-0.05, 0) is 32.4 Å². The summed E-state index contributed by atoms with van der Waals surface area (Å²) in [5.74, 6) is -0.821. The second kappa shape index (κ2) is 7.54. The Morgan fingerprint density at radius 2 is 1.50 bits per heavy atom. The van der Waals surface area contributed by atoms with Crippen LogP contribution in [0.1, 0.15) is 17.8 Å². The first kappa shape index (κ1) is 20.9. The molecular formula is C17H23FN4O4S2. The number of hydrogen-bond donors (Lipinski definition) is 0. The van der Waals surface area contributed by atoms with Crippen LogP contribution in [0, 0.1) is 19.7 Å². The van der Waals surface area contributed by atoms with Crippen LogP contribution < -0.4 is 0 Å². The number of aromatic nitrogens is 2. The third-order valence-electron chi connectivity index (χ3n) is 4.91. The Morgan fingerprint density at radius 1 is 0.929 bits per heavy atom. The maximum absolute atomic E-state index is 14.0. The molecular weight excluding hydrogens is 407 g/mol. The molecule has 0 aliphatic carbocycles. The van der Waals surface area contributed by atoms with Gasteiger partial charge < -0.3 is 0 Å². The zero-order valence-electron chi connectivity index (χ0n) is 16.0. The van der Waals surface area contributed by atoms with Crippen molar-refractivity contribution in [2.45, 2.75) is 30.1 Å². The van der Waals surface area contributed by atoms with Crippen LogP contribution in [-0.2, 0) is 27.1 Å². The van der Waals surface area contributed by atoms with Gasteiger partial charge in [0.2, 0.25) is 20.0 Å². The zero-order chi connectivity index (χ0) is 20.7. The molecule has 2 heterocycles. The molecule has 0 atom stereocenters. The topological polar surface area (TPSA) is 92.6 Å². The highest BCUT2D eigenvalue weighted by atomic mass is 32.2. The SMILES string of the molecule is Cc1nn(C)c(C)c1S(=O)(=O)N1CCCN(S(=O)(=O)c2ccccc2F)CC1. The number of halogens is 1. The fourth-order valence-electron chi connectivity index (χ4n) is 3.40. The smallest absolute Gasteiger partial charge is 0.246 e. The van der Waals surface area contributed by atoms with Crippen molar-refractivity contribution in [1.29, 1.82) is 0 Å². The second-order valence-electron chi connectivity index (χ2n) is 6.72. The van der Waals surface area contributed by atoms with E-state index in [1.54, 1.807) is 20.9 Å². The van der Waals surface area contributed by atoms with Crippen molar-refractivity contribution in [3.8, 4) is 0 Å². The van der Waals surface area contributed by atoms with Crippen molar-refractivity contribution >= 4 is 20.0 Å². The van der Waals surface area contributed by atoms with Crippen LogP contribution in [0.5, 0.6) is 0 Å². The molecule has 3 rings (SSSR count). The third-order valence-corrected chi connectivity index (χ3v) is 8.99. The number of benzene rings is 1. The normalized spacial score (nSPS) is 17.6. The van der Waals surface area contributed by atoms with E-state index >= 15 is 0 Å². The summed E-state index contributed by atoms with van der Waals surface area (Å²) in [4.78, 5) is -0.245. The second-order valence-corrected chi connectivity index (χ2v) is 10.5. The molecule has 0 N–H and O–H groups in total. The molecule has 1 aromatic carbocycles. The molecule has 1 saturated heterocycles. The molecule has 0 bridgehead atoms. The van der Waals surface area contributed by atoms with Crippen LogP contribution >= 0.6 is 0 Å². The van der Waals surface area contributed by atoms with E-state index < -0.39 is 30.8 Å². The van der Waals surface area contributed by atoms with E-state index in [1.807, 2.05) is 0 Å². The molecule has 0 unspecified atom stereocenters. The predicted octanol–water partition coefficient (Wildman–Crippen LogP) is 1.26. The van der Waals surface area contributed by atoms with E-state index in [9.17, 15) is 21.2 Å². The molecule has 0 saturated carbocycles. The summed E-state index contributed by atoms with van der Waals surface area (Å²) < 4.78 is 69.8. The minimum atomic E-state index is -4.04. The Hall–Kier alpha value is -1.82. The lowest BCUT2D eigenvalue weighted by molar-refractivity contribution is 0.402. The summed E-state index contributed by atoms with van der Waals surface area (Å²) in [7, 11) is -6.18. The number of sulfonamides is 2. The summed E-state index contributed by atoms with van der Waals surface area (Å²) in [6.07, 6.45) is 0.311. The Bertz CT molecular complexity index is 1100. The van der Waals surface area contributed by atoms with Gasteiger partial charge in [0.05, 0.1) is 11.4 Å². The molecule has 11 heteroatoms. The standard InChI is InChI=1S/C17H23FN4O4S2/c1-13-17(14(2)20(3)19-13)28(25,26)22-10-6-9-21(11-12-22)27(23,24)16-8-5-4-7-15(16)18/h4-5,7-8H,6,9-12H2,1-3H3. The first-order chi connectivity index (χ1) is 13.1. The summed E-state index contributed by atoms with van der Waals surface area (Å²) in [6.45, 7) is 3.55. The molecule has 1 aromatic heterocycles. The molecule has 0 spiro atoms. The van der Waals surface area contributed by atoms with Gasteiger partial charge in [0.1, 0.15) is 15.6 Å². The molecule has 154 valence electrons. The minimum Gasteiger partial charge on any atom is -0.271 e. The Labute approximate surface area is 164 Å². The molecule has 2 aromatic rings. The van der Waals surface area contributed by atoms with Crippen molar-refractivity contribution in [2.75, 3.05) is 26.2 Å². The molecule has 1 aliphatic heterocycles. The average Bonchev–Trinajstić information content (AvgIpc) is 2.81. The van der Waals surface area contributed by atoms with Crippen LogP contribution in [0.4, 0.5) is 4.39 Å². The summed E-state index contributed by atoms with van der Waals surface area (Å²) in [5.41, 5.74) is 0.928. The Morgan fingerprint density at radius 3 is 2.04 bits per heavy atom. The first-order valence-corrected chi connectivity index (χ1v) is 11.7. The highest BCUT2D eigenvalue weighted by Crippen LogP contribution is 2.26. The Kier molecular flexibility index (Phi) is 5.63. The predicted molar refractivity (Wildman–Crippen MR) is 101 cm³/mol. The summed E-state index contributed by atoms with van der Waals surface area (Å²) >= 11 is 0. The van der Waals surface area contributed by atoms with Gasteiger partial charge >= 0.3 is 0 Å². The minimum absolute atomic E-state index is 0.0101. The maximum atomic E-state index is 14.0. The molecule has 28 heavy (non-hydrogen) atoms. The third kappa shape index (κ3) is 3.59. The van der Waals surface area contributed by atoms with Crippen LogP contribution in [0.15, 0.2) is 34.1 Å². The van der Waals surface area contributed by atoms with E-state index in [2.05, 4.69) is 5.10 Å². The van der Waals surface area contributed by atoms with Gasteiger partial charge in [0.25, 0.3) is 0 Å². The van der Waals surface area contributed by atoms with E-state index in [0.717, 1.165) is 10.4 Å². The van der Waals surface area contributed by atoms with E-state index in [0.29, 0.717) is 17.8 Å².